The van der Waals surface area contributed by atoms with Crippen molar-refractivity contribution < 1.29 is 37.6 Å². The topological polar surface area (TPSA) is 134 Å². The molecular formula is C36H54NO8P. The summed E-state index contributed by atoms with van der Waals surface area (Å²) in [7, 11) is -4.42. The van der Waals surface area contributed by atoms with Crippen molar-refractivity contribution in [3.8, 4) is 0 Å². The van der Waals surface area contributed by atoms with Crippen LogP contribution >= 0.6 is 7.82 Å². The minimum absolute atomic E-state index is 0.0223. The molecule has 0 aliphatic heterocycles. The summed E-state index contributed by atoms with van der Waals surface area (Å²) in [6.45, 7) is 2.97. The fourth-order valence-electron chi connectivity index (χ4n) is 3.31. The average Bonchev–Trinajstić information content (AvgIpc) is 3.04. The Morgan fingerprint density at radius 1 is 0.609 bits per heavy atom. The van der Waals surface area contributed by atoms with Gasteiger partial charge in [-0.1, -0.05) is 109 Å². The Labute approximate surface area is 276 Å². The van der Waals surface area contributed by atoms with E-state index in [0.29, 0.717) is 12.8 Å². The predicted octanol–water partition coefficient (Wildman–Crippen LogP) is 8.09. The van der Waals surface area contributed by atoms with Crippen molar-refractivity contribution in [1.82, 2.24) is 0 Å². The number of rotatable bonds is 27. The first kappa shape index (κ1) is 42.7. The van der Waals surface area contributed by atoms with Crippen molar-refractivity contribution in [1.29, 1.82) is 0 Å². The molecule has 0 aliphatic rings. The van der Waals surface area contributed by atoms with E-state index in [1.165, 1.54) is 0 Å². The maximum absolute atomic E-state index is 12.4. The zero-order valence-electron chi connectivity index (χ0n) is 27.5. The van der Waals surface area contributed by atoms with Crippen molar-refractivity contribution in [3.63, 3.8) is 0 Å². The molecule has 0 aromatic carbocycles. The van der Waals surface area contributed by atoms with Gasteiger partial charge in [0.2, 0.25) is 0 Å². The van der Waals surface area contributed by atoms with Crippen molar-refractivity contribution in [3.05, 3.63) is 109 Å². The fraction of sp³-hybridized carbons (Fsp3) is 0.444. The number of hydrogen-bond acceptors (Lipinski definition) is 8. The van der Waals surface area contributed by atoms with Crippen LogP contribution in [0, 0.1) is 0 Å². The third-order valence-electron chi connectivity index (χ3n) is 5.64. The third-order valence-corrected chi connectivity index (χ3v) is 6.62. The average molecular weight is 660 g/mol. The number of allylic oxidation sites excluding steroid dienone is 16. The van der Waals surface area contributed by atoms with Crippen molar-refractivity contribution >= 4 is 19.8 Å². The summed E-state index contributed by atoms with van der Waals surface area (Å²) in [5, 5.41) is 0. The first-order chi connectivity index (χ1) is 22.3. The summed E-state index contributed by atoms with van der Waals surface area (Å²) >= 11 is 0. The van der Waals surface area contributed by atoms with E-state index in [9.17, 15) is 19.0 Å². The van der Waals surface area contributed by atoms with E-state index in [-0.39, 0.29) is 32.6 Å². The van der Waals surface area contributed by atoms with Crippen LogP contribution in [0.5, 0.6) is 0 Å². The lowest BCUT2D eigenvalue weighted by molar-refractivity contribution is -0.160. The Kier molecular flexibility index (Phi) is 29.4. The van der Waals surface area contributed by atoms with Crippen molar-refractivity contribution in [2.75, 3.05) is 26.4 Å². The maximum atomic E-state index is 12.4. The zero-order chi connectivity index (χ0) is 34.0. The van der Waals surface area contributed by atoms with Crippen LogP contribution in [0.4, 0.5) is 0 Å². The van der Waals surface area contributed by atoms with Crippen molar-refractivity contribution in [2.45, 2.75) is 77.7 Å². The van der Waals surface area contributed by atoms with Crippen LogP contribution in [0.3, 0.4) is 0 Å². The fourth-order valence-corrected chi connectivity index (χ4v) is 4.08. The van der Waals surface area contributed by atoms with Gasteiger partial charge in [-0.05, 0) is 58.8 Å². The second kappa shape index (κ2) is 31.6. The van der Waals surface area contributed by atoms with Crippen LogP contribution in [0.25, 0.3) is 0 Å². The molecule has 3 N–H and O–H groups in total. The lowest BCUT2D eigenvalue weighted by atomic mass is 10.2. The smallest absolute Gasteiger partial charge is 0.461 e. The molecule has 0 amide bonds. The quantitative estimate of drug-likeness (QED) is 0.0510. The third kappa shape index (κ3) is 30.7. The maximum Gasteiger partial charge on any atom is 0.472 e. The highest BCUT2D eigenvalue weighted by Gasteiger charge is 2.25. The number of hydrogen-bond donors (Lipinski definition) is 2. The number of esters is 2. The molecule has 2 atom stereocenters. The van der Waals surface area contributed by atoms with Crippen LogP contribution in [0.15, 0.2) is 109 Å². The van der Waals surface area contributed by atoms with Gasteiger partial charge >= 0.3 is 19.8 Å². The number of nitrogens with two attached hydrogens (primary N) is 1. The van der Waals surface area contributed by atoms with Gasteiger partial charge in [0.05, 0.1) is 26.1 Å². The molecule has 0 bridgehead atoms. The first-order valence-electron chi connectivity index (χ1n) is 15.8. The molecule has 0 fully saturated rings. The number of phosphoric acid groups is 1. The molecular weight excluding hydrogens is 605 g/mol. The molecule has 1 unspecified atom stereocenters. The van der Waals surface area contributed by atoms with Gasteiger partial charge in [0, 0.05) is 6.54 Å². The largest absolute Gasteiger partial charge is 0.472 e. The Balaban J connectivity index is 4.61. The van der Waals surface area contributed by atoms with Gasteiger partial charge in [-0.2, -0.15) is 0 Å². The highest BCUT2D eigenvalue weighted by molar-refractivity contribution is 7.47. The second-order valence-electron chi connectivity index (χ2n) is 9.68. The van der Waals surface area contributed by atoms with Gasteiger partial charge in [0.1, 0.15) is 6.61 Å². The normalized spacial score (nSPS) is 15.0. The lowest BCUT2D eigenvalue weighted by Crippen LogP contribution is -2.29. The molecule has 0 saturated carbocycles. The molecule has 9 nitrogen and oxygen atoms in total. The van der Waals surface area contributed by atoms with Gasteiger partial charge in [-0.15, -0.1) is 0 Å². The van der Waals surface area contributed by atoms with Crippen molar-refractivity contribution in [2.24, 2.45) is 5.73 Å². The minimum atomic E-state index is -4.42. The van der Waals surface area contributed by atoms with E-state index in [0.717, 1.165) is 32.1 Å². The number of ether oxygens (including phenoxy) is 2. The summed E-state index contributed by atoms with van der Waals surface area (Å²) in [6, 6.07) is 0. The summed E-state index contributed by atoms with van der Waals surface area (Å²) in [6.07, 6.45) is 40.7. The summed E-state index contributed by atoms with van der Waals surface area (Å²) in [5.41, 5.74) is 5.29. The predicted molar refractivity (Wildman–Crippen MR) is 187 cm³/mol. The van der Waals surface area contributed by atoms with E-state index < -0.39 is 32.5 Å². The van der Waals surface area contributed by atoms with Crippen LogP contribution < -0.4 is 5.73 Å². The molecule has 10 heteroatoms. The van der Waals surface area contributed by atoms with E-state index >= 15 is 0 Å². The number of carbonyl (C=O) groups excluding carboxylic acids is 2. The molecule has 0 spiro atoms. The highest BCUT2D eigenvalue weighted by Crippen LogP contribution is 2.43. The molecule has 0 aliphatic carbocycles. The Hall–Kier alpha value is -3.33. The molecule has 0 radical (unpaired) electrons. The van der Waals surface area contributed by atoms with Gasteiger partial charge in [0.15, 0.2) is 6.10 Å². The molecule has 0 rings (SSSR count). The summed E-state index contributed by atoms with van der Waals surface area (Å²) < 4.78 is 32.2. The molecule has 256 valence electrons. The zero-order valence-corrected chi connectivity index (χ0v) is 28.4. The Morgan fingerprint density at radius 2 is 1.00 bits per heavy atom. The molecule has 46 heavy (non-hydrogen) atoms. The van der Waals surface area contributed by atoms with E-state index in [2.05, 4.69) is 54.7 Å². The van der Waals surface area contributed by atoms with Gasteiger partial charge < -0.3 is 20.1 Å². The standard InChI is InChI=1S/C36H54NO8P/c1-3-5-7-9-11-13-15-16-17-19-20-22-24-26-28-35(38)42-32-34(33-44-46(40,41)43-31-30-37)45-36(39)29-27-25-23-21-18-14-12-10-8-6-4-2/h3-6,9-12,15-16,18-21,24-27,34H,7-8,13-14,17,22-23,28-33,37H2,1-2H3,(H,40,41)/t34-/m1/s1. The van der Waals surface area contributed by atoms with Gasteiger partial charge in [0.25, 0.3) is 0 Å². The van der Waals surface area contributed by atoms with Crippen LogP contribution in [0.1, 0.15) is 71.6 Å². The summed E-state index contributed by atoms with van der Waals surface area (Å²) in [4.78, 5) is 34.4. The van der Waals surface area contributed by atoms with Gasteiger partial charge in [-0.25, -0.2) is 4.57 Å². The molecule has 0 aromatic heterocycles. The molecule has 0 aromatic rings. The second-order valence-corrected chi connectivity index (χ2v) is 11.1. The monoisotopic (exact) mass is 659 g/mol. The van der Waals surface area contributed by atoms with E-state index in [1.54, 1.807) is 12.2 Å². The SMILES string of the molecule is CC=CCC=CCC=CCC=CCC=CCC(=O)OC[C@H](COP(=O)(O)OCCN)OC(=O)CC=CCC=CCC=CCC=CC. The van der Waals surface area contributed by atoms with E-state index in [1.807, 2.05) is 56.4 Å². The Bertz CT molecular complexity index is 1120. The van der Waals surface area contributed by atoms with Crippen LogP contribution in [0.2, 0.25) is 0 Å². The number of carbonyl (C=O) groups is 2. The number of phosphoric ester groups is 1. The molecule has 0 heterocycles. The molecule has 0 saturated heterocycles. The first-order valence-corrected chi connectivity index (χ1v) is 17.3. The van der Waals surface area contributed by atoms with Crippen LogP contribution in [-0.4, -0.2) is 49.3 Å². The van der Waals surface area contributed by atoms with E-state index in [4.69, 9.17) is 24.3 Å². The summed E-state index contributed by atoms with van der Waals surface area (Å²) in [5.74, 6) is -1.14. The lowest BCUT2D eigenvalue weighted by Gasteiger charge is -2.19. The minimum Gasteiger partial charge on any atom is -0.461 e. The Morgan fingerprint density at radius 3 is 1.41 bits per heavy atom. The van der Waals surface area contributed by atoms with Crippen LogP contribution in [-0.2, 0) is 32.7 Å². The highest BCUT2D eigenvalue weighted by atomic mass is 31.2. The van der Waals surface area contributed by atoms with Gasteiger partial charge in [-0.3, -0.25) is 18.6 Å².